The molecule has 0 saturated carbocycles. The topological polar surface area (TPSA) is 53.7 Å². The zero-order chi connectivity index (χ0) is 16.0. The summed E-state index contributed by atoms with van der Waals surface area (Å²) in [4.78, 5) is 13.4. The van der Waals surface area contributed by atoms with E-state index in [0.717, 1.165) is 35.1 Å². The van der Waals surface area contributed by atoms with E-state index in [9.17, 15) is 4.79 Å². The number of benzene rings is 2. The van der Waals surface area contributed by atoms with Gasteiger partial charge in [-0.25, -0.2) is 4.79 Å². The maximum Gasteiger partial charge on any atom is 0.371 e. The predicted octanol–water partition coefficient (Wildman–Crippen LogP) is 4.46. The largest absolute Gasteiger partial charge is 0.475 e. The van der Waals surface area contributed by atoms with Gasteiger partial charge in [-0.15, -0.1) is 0 Å². The Labute approximate surface area is 141 Å². The first-order chi connectivity index (χ1) is 11.1. The maximum absolute atomic E-state index is 11.1. The Balaban J connectivity index is 1.75. The predicted molar refractivity (Wildman–Crippen MR) is 92.1 cm³/mol. The number of hydrogen-bond donors (Lipinski definition) is 1. The number of anilines is 1. The minimum atomic E-state index is -1.05. The monoisotopic (exact) mass is 371 g/mol. The van der Waals surface area contributed by atoms with Gasteiger partial charge in [0.2, 0.25) is 5.76 Å². The van der Waals surface area contributed by atoms with Crippen LogP contribution in [0.2, 0.25) is 0 Å². The van der Waals surface area contributed by atoms with Gasteiger partial charge in [0.15, 0.2) is 0 Å². The molecule has 2 heterocycles. The van der Waals surface area contributed by atoms with Crippen molar-refractivity contribution in [2.45, 2.75) is 13.0 Å². The molecule has 0 aliphatic carbocycles. The van der Waals surface area contributed by atoms with E-state index in [0.29, 0.717) is 5.58 Å². The van der Waals surface area contributed by atoms with Gasteiger partial charge in [0.1, 0.15) is 5.58 Å². The van der Waals surface area contributed by atoms with Crippen LogP contribution in [0.4, 0.5) is 5.69 Å². The van der Waals surface area contributed by atoms with Crippen LogP contribution in [-0.2, 0) is 13.0 Å². The zero-order valence-electron chi connectivity index (χ0n) is 12.3. The molecule has 0 radical (unpaired) electrons. The van der Waals surface area contributed by atoms with Crippen molar-refractivity contribution in [3.8, 4) is 0 Å². The van der Waals surface area contributed by atoms with Gasteiger partial charge in [0, 0.05) is 24.5 Å². The van der Waals surface area contributed by atoms with Crippen LogP contribution in [0.1, 0.15) is 21.7 Å². The molecule has 2 aromatic carbocycles. The van der Waals surface area contributed by atoms with E-state index in [-0.39, 0.29) is 5.76 Å². The van der Waals surface area contributed by atoms with Crippen molar-refractivity contribution < 1.29 is 14.3 Å². The fourth-order valence-corrected chi connectivity index (χ4v) is 3.81. The number of fused-ring (bicyclic) bond motifs is 2. The van der Waals surface area contributed by atoms with Crippen molar-refractivity contribution in [2.24, 2.45) is 0 Å². The van der Waals surface area contributed by atoms with Gasteiger partial charge >= 0.3 is 5.97 Å². The summed E-state index contributed by atoms with van der Waals surface area (Å²) in [6.07, 6.45) is 1.01. The standard InChI is InChI=1S/C18H14BrNO3/c19-17-13-9-16(18(21)22)23-15(13)6-5-14(17)20-8-7-11-3-1-2-4-12(11)10-20/h1-6,9H,7-8,10H2,(H,21,22). The van der Waals surface area contributed by atoms with E-state index in [1.54, 1.807) is 6.07 Å². The summed E-state index contributed by atoms with van der Waals surface area (Å²) in [5, 5.41) is 9.88. The minimum Gasteiger partial charge on any atom is -0.475 e. The number of nitrogens with zero attached hydrogens (tertiary/aromatic N) is 1. The lowest BCUT2D eigenvalue weighted by Gasteiger charge is -2.31. The highest BCUT2D eigenvalue weighted by molar-refractivity contribution is 9.10. The molecule has 0 fully saturated rings. The Hall–Kier alpha value is -2.27. The molecule has 0 bridgehead atoms. The van der Waals surface area contributed by atoms with E-state index in [2.05, 4.69) is 45.1 Å². The fourth-order valence-electron chi connectivity index (χ4n) is 3.12. The molecule has 3 aromatic rings. The molecule has 23 heavy (non-hydrogen) atoms. The fraction of sp³-hybridized carbons (Fsp3) is 0.167. The molecule has 5 heteroatoms. The highest BCUT2D eigenvalue weighted by atomic mass is 79.9. The summed E-state index contributed by atoms with van der Waals surface area (Å²) in [6.45, 7) is 1.79. The van der Waals surface area contributed by atoms with Crippen molar-refractivity contribution in [3.63, 3.8) is 0 Å². The average molecular weight is 372 g/mol. The maximum atomic E-state index is 11.1. The van der Waals surface area contributed by atoms with Crippen LogP contribution in [0.25, 0.3) is 11.0 Å². The van der Waals surface area contributed by atoms with Crippen molar-refractivity contribution in [1.29, 1.82) is 0 Å². The first-order valence-corrected chi connectivity index (χ1v) is 8.20. The summed E-state index contributed by atoms with van der Waals surface area (Å²) < 4.78 is 6.24. The van der Waals surface area contributed by atoms with E-state index < -0.39 is 5.97 Å². The molecule has 0 amide bonds. The van der Waals surface area contributed by atoms with Crippen molar-refractivity contribution in [3.05, 3.63) is 63.8 Å². The molecule has 4 nitrogen and oxygen atoms in total. The normalized spacial score (nSPS) is 14.0. The summed E-state index contributed by atoms with van der Waals surface area (Å²) in [5.74, 6) is -1.09. The van der Waals surface area contributed by atoms with Gasteiger partial charge in [0.25, 0.3) is 0 Å². The molecule has 4 rings (SSSR count). The average Bonchev–Trinajstić information content (AvgIpc) is 3.00. The lowest BCUT2D eigenvalue weighted by molar-refractivity contribution is 0.0665. The van der Waals surface area contributed by atoms with Gasteiger partial charge in [-0.2, -0.15) is 0 Å². The van der Waals surface area contributed by atoms with E-state index in [4.69, 9.17) is 9.52 Å². The third-order valence-corrected chi connectivity index (χ3v) is 5.13. The number of carbonyl (C=O) groups is 1. The molecule has 1 aliphatic heterocycles. The lowest BCUT2D eigenvalue weighted by Crippen LogP contribution is -2.30. The third-order valence-electron chi connectivity index (χ3n) is 4.30. The summed E-state index contributed by atoms with van der Waals surface area (Å²) in [7, 11) is 0. The van der Waals surface area contributed by atoms with Crippen LogP contribution in [0.5, 0.6) is 0 Å². The first-order valence-electron chi connectivity index (χ1n) is 7.40. The molecule has 0 unspecified atom stereocenters. The van der Waals surface area contributed by atoms with Crippen LogP contribution >= 0.6 is 15.9 Å². The van der Waals surface area contributed by atoms with Gasteiger partial charge in [-0.05, 0) is 45.6 Å². The molecular formula is C18H14BrNO3. The summed E-state index contributed by atoms with van der Waals surface area (Å²) >= 11 is 3.63. The van der Waals surface area contributed by atoms with Crippen LogP contribution in [0.3, 0.4) is 0 Å². The van der Waals surface area contributed by atoms with Crippen LogP contribution < -0.4 is 4.90 Å². The highest BCUT2D eigenvalue weighted by Crippen LogP contribution is 2.37. The Bertz CT molecular complexity index is 916. The Morgan fingerprint density at radius 3 is 2.74 bits per heavy atom. The van der Waals surface area contributed by atoms with Gasteiger partial charge in [-0.3, -0.25) is 0 Å². The second kappa shape index (κ2) is 5.42. The number of carboxylic acid groups (broad SMARTS) is 1. The number of rotatable bonds is 2. The zero-order valence-corrected chi connectivity index (χ0v) is 13.8. The molecule has 0 saturated heterocycles. The Morgan fingerprint density at radius 2 is 1.96 bits per heavy atom. The lowest BCUT2D eigenvalue weighted by atomic mass is 9.99. The molecule has 116 valence electrons. The van der Waals surface area contributed by atoms with Crippen molar-refractivity contribution >= 4 is 38.6 Å². The Morgan fingerprint density at radius 1 is 1.17 bits per heavy atom. The molecule has 0 spiro atoms. The minimum absolute atomic E-state index is 0.0400. The smallest absolute Gasteiger partial charge is 0.371 e. The second-order valence-electron chi connectivity index (χ2n) is 5.67. The van der Waals surface area contributed by atoms with Gasteiger partial charge in [0.05, 0.1) is 10.2 Å². The molecule has 1 aliphatic rings. The highest BCUT2D eigenvalue weighted by Gasteiger charge is 2.21. The van der Waals surface area contributed by atoms with E-state index in [1.165, 1.54) is 11.1 Å². The quantitative estimate of drug-likeness (QED) is 0.722. The van der Waals surface area contributed by atoms with Gasteiger partial charge < -0.3 is 14.4 Å². The van der Waals surface area contributed by atoms with E-state index >= 15 is 0 Å². The summed E-state index contributed by atoms with van der Waals surface area (Å²) in [5.41, 5.74) is 4.38. The summed E-state index contributed by atoms with van der Waals surface area (Å²) in [6, 6.07) is 13.9. The second-order valence-corrected chi connectivity index (χ2v) is 6.46. The molecule has 1 aromatic heterocycles. The number of aromatic carboxylic acids is 1. The number of furan rings is 1. The van der Waals surface area contributed by atoms with Crippen molar-refractivity contribution in [1.82, 2.24) is 0 Å². The third kappa shape index (κ3) is 2.41. The first kappa shape index (κ1) is 14.3. The van der Waals surface area contributed by atoms with Gasteiger partial charge in [-0.1, -0.05) is 24.3 Å². The van der Waals surface area contributed by atoms with E-state index in [1.807, 2.05) is 12.1 Å². The van der Waals surface area contributed by atoms with Crippen LogP contribution in [0.15, 0.2) is 51.4 Å². The number of halogens is 1. The van der Waals surface area contributed by atoms with Crippen LogP contribution in [0, 0.1) is 0 Å². The molecule has 1 N–H and O–H groups in total. The molecule has 0 atom stereocenters. The molecular weight excluding hydrogens is 358 g/mol. The van der Waals surface area contributed by atoms with Crippen molar-refractivity contribution in [2.75, 3.05) is 11.4 Å². The number of carboxylic acids is 1. The van der Waals surface area contributed by atoms with Crippen LogP contribution in [-0.4, -0.2) is 17.6 Å². The number of hydrogen-bond acceptors (Lipinski definition) is 3. The Kier molecular flexibility index (Phi) is 3.38. The SMILES string of the molecule is O=C(O)c1cc2c(Br)c(N3CCc4ccccc4C3)ccc2o1.